The van der Waals surface area contributed by atoms with Crippen molar-refractivity contribution >= 4 is 28.4 Å². The molecular weight excluding hydrogens is 368 g/mol. The number of hydrogen-bond donors (Lipinski definition) is 0. The van der Waals surface area contributed by atoms with Crippen molar-refractivity contribution in [2.45, 2.75) is 26.7 Å². The number of aryl methyl sites for hydroxylation is 1. The van der Waals surface area contributed by atoms with E-state index in [9.17, 15) is 0 Å². The van der Waals surface area contributed by atoms with Crippen LogP contribution in [0.2, 0.25) is 0 Å². The molecule has 0 bridgehead atoms. The number of nitrogens with zero attached hydrogens (tertiary/aromatic N) is 4. The maximum absolute atomic E-state index is 5.79. The van der Waals surface area contributed by atoms with Crippen LogP contribution in [0.15, 0.2) is 29.7 Å². The number of ether oxygens (including phenoxy) is 1. The minimum Gasteiger partial charge on any atom is -0.482 e. The molecule has 6 nitrogen and oxygen atoms in total. The van der Waals surface area contributed by atoms with E-state index < -0.39 is 0 Å². The summed E-state index contributed by atoms with van der Waals surface area (Å²) in [7, 11) is 0. The van der Waals surface area contributed by atoms with Crippen LogP contribution < -0.4 is 4.74 Å². The van der Waals surface area contributed by atoms with Crippen molar-refractivity contribution in [3.05, 3.63) is 35.9 Å². The van der Waals surface area contributed by atoms with Gasteiger partial charge >= 0.3 is 0 Å². The molecule has 0 aliphatic carbocycles. The molecule has 3 aromatic heterocycles. The van der Waals surface area contributed by atoms with Crippen molar-refractivity contribution in [3.63, 3.8) is 0 Å². The van der Waals surface area contributed by atoms with E-state index in [1.807, 2.05) is 25.3 Å². The summed E-state index contributed by atoms with van der Waals surface area (Å²) in [4.78, 5) is 20.1. The number of thiazole rings is 2. The molecule has 0 fully saturated rings. The van der Waals surface area contributed by atoms with Crippen LogP contribution in [-0.4, -0.2) is 33.9 Å². The standard InChI is InChI=1S/C18H18N4O2S2/c1-3-8-24-22-13-6-9-23-18-14(13)21-17(26-18)15-11(2)20-16(25-15)12-5-4-7-19-10-12/h4-5,7,10H,3,6,8-9H2,1-2H3/b22-13+. The van der Waals surface area contributed by atoms with Gasteiger partial charge in [0.15, 0.2) is 0 Å². The fourth-order valence-corrected chi connectivity index (χ4v) is 4.70. The Hall–Kier alpha value is -2.32. The summed E-state index contributed by atoms with van der Waals surface area (Å²) in [6.45, 7) is 5.28. The van der Waals surface area contributed by atoms with Crippen molar-refractivity contribution in [3.8, 4) is 25.5 Å². The molecule has 1 aliphatic heterocycles. The number of fused-ring (bicyclic) bond motifs is 1. The van der Waals surface area contributed by atoms with Gasteiger partial charge in [0.25, 0.3) is 0 Å². The van der Waals surface area contributed by atoms with Crippen LogP contribution >= 0.6 is 22.7 Å². The highest BCUT2D eigenvalue weighted by Gasteiger charge is 2.25. The Labute approximate surface area is 159 Å². The van der Waals surface area contributed by atoms with Gasteiger partial charge in [-0.3, -0.25) is 4.98 Å². The monoisotopic (exact) mass is 386 g/mol. The molecule has 134 valence electrons. The SMILES string of the molecule is CCCO/N=C1\CCOc2sc(-c3sc(-c4cccnc4)nc3C)nc21. The molecule has 3 aromatic rings. The van der Waals surface area contributed by atoms with E-state index in [0.29, 0.717) is 19.6 Å². The van der Waals surface area contributed by atoms with Crippen LogP contribution in [0.1, 0.15) is 31.2 Å². The van der Waals surface area contributed by atoms with E-state index in [2.05, 4.69) is 17.1 Å². The van der Waals surface area contributed by atoms with Gasteiger partial charge in [-0.1, -0.05) is 23.4 Å². The maximum atomic E-state index is 5.79. The van der Waals surface area contributed by atoms with E-state index in [-0.39, 0.29) is 0 Å². The smallest absolute Gasteiger partial charge is 0.204 e. The predicted octanol–water partition coefficient (Wildman–Crippen LogP) is 4.55. The Balaban J connectivity index is 1.68. The lowest BCUT2D eigenvalue weighted by molar-refractivity contribution is 0.143. The third-order valence-corrected chi connectivity index (χ3v) is 6.14. The van der Waals surface area contributed by atoms with Gasteiger partial charge in [0, 0.05) is 24.4 Å². The molecule has 8 heteroatoms. The first kappa shape index (κ1) is 17.1. The lowest BCUT2D eigenvalue weighted by Crippen LogP contribution is -2.16. The Morgan fingerprint density at radius 3 is 3.00 bits per heavy atom. The summed E-state index contributed by atoms with van der Waals surface area (Å²) in [6, 6.07) is 3.93. The number of pyridine rings is 1. The van der Waals surface area contributed by atoms with E-state index in [4.69, 9.17) is 19.5 Å². The number of rotatable bonds is 5. The third-order valence-electron chi connectivity index (χ3n) is 3.81. The van der Waals surface area contributed by atoms with E-state index in [0.717, 1.165) is 49.0 Å². The molecule has 0 unspecified atom stereocenters. The Kier molecular flexibility index (Phi) is 4.94. The quantitative estimate of drug-likeness (QED) is 0.475. The summed E-state index contributed by atoms with van der Waals surface area (Å²) in [5, 5.41) is 6.92. The second kappa shape index (κ2) is 7.51. The summed E-state index contributed by atoms with van der Waals surface area (Å²) in [5.41, 5.74) is 3.63. The van der Waals surface area contributed by atoms with Gasteiger partial charge < -0.3 is 9.57 Å². The lowest BCUT2D eigenvalue weighted by Gasteiger charge is -2.12. The molecule has 0 atom stereocenters. The molecule has 0 saturated carbocycles. The van der Waals surface area contributed by atoms with E-state index in [1.165, 1.54) is 11.3 Å². The molecule has 26 heavy (non-hydrogen) atoms. The van der Waals surface area contributed by atoms with Gasteiger partial charge in [0.05, 0.1) is 17.2 Å². The Bertz CT molecular complexity index is 934. The number of hydrogen-bond acceptors (Lipinski definition) is 8. The molecule has 0 amide bonds. The van der Waals surface area contributed by atoms with Gasteiger partial charge in [-0.2, -0.15) is 0 Å². The molecule has 0 spiro atoms. The van der Waals surface area contributed by atoms with Crippen LogP contribution in [0.3, 0.4) is 0 Å². The normalized spacial score (nSPS) is 14.9. The van der Waals surface area contributed by atoms with Gasteiger partial charge in [-0.25, -0.2) is 9.97 Å². The summed E-state index contributed by atoms with van der Waals surface area (Å²) in [6.07, 6.45) is 5.23. The van der Waals surface area contributed by atoms with Crippen molar-refractivity contribution in [1.82, 2.24) is 15.0 Å². The van der Waals surface area contributed by atoms with Gasteiger partial charge in [0.1, 0.15) is 28.0 Å². The zero-order valence-electron chi connectivity index (χ0n) is 14.6. The number of oxime groups is 1. The molecule has 0 radical (unpaired) electrons. The fourth-order valence-electron chi connectivity index (χ4n) is 2.55. The molecule has 0 saturated heterocycles. The first-order valence-electron chi connectivity index (χ1n) is 8.47. The molecule has 4 heterocycles. The average Bonchev–Trinajstić information content (AvgIpc) is 3.26. The predicted molar refractivity (Wildman–Crippen MR) is 104 cm³/mol. The molecule has 1 aliphatic rings. The Morgan fingerprint density at radius 1 is 1.27 bits per heavy atom. The van der Waals surface area contributed by atoms with Crippen LogP contribution in [0.4, 0.5) is 0 Å². The van der Waals surface area contributed by atoms with Crippen molar-refractivity contribution in [2.24, 2.45) is 5.16 Å². The highest BCUT2D eigenvalue weighted by molar-refractivity contribution is 7.24. The second-order valence-corrected chi connectivity index (χ2v) is 7.76. The van der Waals surface area contributed by atoms with Crippen molar-refractivity contribution in [2.75, 3.05) is 13.2 Å². The molecular formula is C18H18N4O2S2. The van der Waals surface area contributed by atoms with Crippen LogP contribution in [-0.2, 0) is 4.84 Å². The van der Waals surface area contributed by atoms with Crippen LogP contribution in [0, 0.1) is 6.92 Å². The van der Waals surface area contributed by atoms with Crippen LogP contribution in [0.5, 0.6) is 5.06 Å². The maximum Gasteiger partial charge on any atom is 0.204 e. The topological polar surface area (TPSA) is 69.5 Å². The van der Waals surface area contributed by atoms with Gasteiger partial charge in [0.2, 0.25) is 5.06 Å². The average molecular weight is 387 g/mol. The van der Waals surface area contributed by atoms with Gasteiger partial charge in [-0.05, 0) is 25.5 Å². The van der Waals surface area contributed by atoms with Crippen molar-refractivity contribution < 1.29 is 9.57 Å². The Morgan fingerprint density at radius 2 is 2.19 bits per heavy atom. The fraction of sp³-hybridized carbons (Fsp3) is 0.333. The molecule has 0 N–H and O–H groups in total. The van der Waals surface area contributed by atoms with Gasteiger partial charge in [-0.15, -0.1) is 11.3 Å². The first-order valence-corrected chi connectivity index (χ1v) is 10.1. The lowest BCUT2D eigenvalue weighted by atomic mass is 10.2. The summed E-state index contributed by atoms with van der Waals surface area (Å²) < 4.78 is 5.79. The molecule has 4 rings (SSSR count). The van der Waals surface area contributed by atoms with Crippen LogP contribution in [0.25, 0.3) is 20.5 Å². The first-order chi connectivity index (χ1) is 12.8. The highest BCUT2D eigenvalue weighted by atomic mass is 32.1. The van der Waals surface area contributed by atoms with E-state index >= 15 is 0 Å². The number of aromatic nitrogens is 3. The van der Waals surface area contributed by atoms with E-state index in [1.54, 1.807) is 17.5 Å². The third kappa shape index (κ3) is 3.34. The largest absolute Gasteiger partial charge is 0.482 e. The zero-order valence-corrected chi connectivity index (χ0v) is 16.2. The highest BCUT2D eigenvalue weighted by Crippen LogP contribution is 2.42. The second-order valence-electron chi connectivity index (χ2n) is 5.80. The zero-order chi connectivity index (χ0) is 17.9. The minimum absolute atomic E-state index is 0.603. The summed E-state index contributed by atoms with van der Waals surface area (Å²) in [5.74, 6) is 0. The molecule has 0 aromatic carbocycles. The minimum atomic E-state index is 0.603. The van der Waals surface area contributed by atoms with Crippen molar-refractivity contribution in [1.29, 1.82) is 0 Å². The summed E-state index contributed by atoms with van der Waals surface area (Å²) >= 11 is 3.16.